The van der Waals surface area contributed by atoms with Crippen molar-refractivity contribution in [3.63, 3.8) is 0 Å². The first-order chi connectivity index (χ1) is 7.85. The molecule has 0 radical (unpaired) electrons. The third kappa shape index (κ3) is 4.42. The van der Waals surface area contributed by atoms with Gasteiger partial charge in [0.2, 0.25) is 0 Å². The van der Waals surface area contributed by atoms with Crippen LogP contribution in [0.15, 0.2) is 0 Å². The van der Waals surface area contributed by atoms with E-state index in [0.717, 1.165) is 25.8 Å². The van der Waals surface area contributed by atoms with Crippen LogP contribution in [0.1, 0.15) is 59.8 Å². The molecule has 2 heteroatoms. The van der Waals surface area contributed by atoms with E-state index in [1.54, 1.807) is 0 Å². The highest BCUT2D eigenvalue weighted by Gasteiger charge is 2.34. The molecular weight excluding hydrogens is 210 g/mol. The zero-order valence-corrected chi connectivity index (χ0v) is 12.3. The topological polar surface area (TPSA) is 20.3 Å². The van der Waals surface area contributed by atoms with Crippen LogP contribution in [0.25, 0.3) is 0 Å². The molecule has 17 heavy (non-hydrogen) atoms. The minimum atomic E-state index is 0.267. The van der Waals surface area contributed by atoms with Gasteiger partial charge in [-0.25, -0.2) is 0 Å². The maximum Gasteiger partial charge on any atom is 0.137 e. The molecule has 2 unspecified atom stereocenters. The van der Waals surface area contributed by atoms with Crippen LogP contribution in [0.4, 0.5) is 0 Å². The lowest BCUT2D eigenvalue weighted by Gasteiger charge is -2.37. The number of hydrogen-bond acceptors (Lipinski definition) is 2. The Bertz CT molecular complexity index is 260. The van der Waals surface area contributed by atoms with Crippen molar-refractivity contribution in [3.05, 3.63) is 0 Å². The Labute approximate surface area is 107 Å². The van der Waals surface area contributed by atoms with Crippen LogP contribution >= 0.6 is 0 Å². The predicted octanol–water partition coefficient (Wildman–Crippen LogP) is 3.50. The van der Waals surface area contributed by atoms with Crippen LogP contribution in [0.5, 0.6) is 0 Å². The number of carbonyl (C=O) groups is 1. The Morgan fingerprint density at radius 3 is 2.71 bits per heavy atom. The Morgan fingerprint density at radius 1 is 1.47 bits per heavy atom. The fraction of sp³-hybridized carbons (Fsp3) is 0.933. The summed E-state index contributed by atoms with van der Waals surface area (Å²) in [5.41, 5.74) is 0.355. The lowest BCUT2D eigenvalue weighted by Crippen LogP contribution is -2.40. The van der Waals surface area contributed by atoms with Gasteiger partial charge in [-0.1, -0.05) is 27.2 Å². The van der Waals surface area contributed by atoms with Crippen molar-refractivity contribution in [2.75, 3.05) is 13.6 Å². The highest BCUT2D eigenvalue weighted by Crippen LogP contribution is 2.37. The quantitative estimate of drug-likeness (QED) is 0.732. The van der Waals surface area contributed by atoms with Gasteiger partial charge in [0.1, 0.15) is 5.78 Å². The molecular formula is C15H29NO. The fourth-order valence-corrected chi connectivity index (χ4v) is 2.88. The number of hydrogen-bond donors (Lipinski definition) is 0. The molecule has 0 aromatic rings. The summed E-state index contributed by atoms with van der Waals surface area (Å²) in [5.74, 6) is 0.753. The summed E-state index contributed by atoms with van der Waals surface area (Å²) in [5, 5.41) is 0. The number of rotatable bonds is 5. The lowest BCUT2D eigenvalue weighted by atomic mass is 9.71. The molecule has 1 aliphatic rings. The van der Waals surface area contributed by atoms with E-state index < -0.39 is 0 Å². The monoisotopic (exact) mass is 239 g/mol. The normalized spacial score (nSPS) is 26.2. The van der Waals surface area contributed by atoms with Crippen LogP contribution in [-0.4, -0.2) is 30.3 Å². The molecule has 2 atom stereocenters. The molecule has 0 heterocycles. The molecule has 1 aliphatic carbocycles. The number of carbonyl (C=O) groups excluding carboxylic acids is 1. The summed E-state index contributed by atoms with van der Waals surface area (Å²) in [7, 11) is 2.16. The predicted molar refractivity (Wildman–Crippen MR) is 73.1 cm³/mol. The first-order valence-electron chi connectivity index (χ1n) is 7.08. The molecule has 0 N–H and O–H groups in total. The van der Waals surface area contributed by atoms with Gasteiger partial charge in [-0.05, 0) is 38.6 Å². The summed E-state index contributed by atoms with van der Waals surface area (Å²) in [6, 6.07) is 0.595. The van der Waals surface area contributed by atoms with Gasteiger partial charge >= 0.3 is 0 Å². The highest BCUT2D eigenvalue weighted by atomic mass is 16.1. The second-order valence-corrected chi connectivity index (χ2v) is 6.61. The molecule has 1 rings (SSSR count). The van der Waals surface area contributed by atoms with Crippen LogP contribution in [-0.2, 0) is 4.79 Å². The van der Waals surface area contributed by atoms with Crippen molar-refractivity contribution in [2.45, 2.75) is 65.8 Å². The molecule has 1 fully saturated rings. The van der Waals surface area contributed by atoms with E-state index in [4.69, 9.17) is 0 Å². The standard InChI is InChI=1S/C15H29NO/c1-6-7-12(2)16(5)11-13-10-15(3,4)9-8-14(13)17/h12-13H,6-11H2,1-5H3. The maximum atomic E-state index is 12.0. The fourth-order valence-electron chi connectivity index (χ4n) is 2.88. The van der Waals surface area contributed by atoms with Gasteiger partial charge in [0.05, 0.1) is 0 Å². The number of ketones is 1. The Morgan fingerprint density at radius 2 is 2.12 bits per heavy atom. The van der Waals surface area contributed by atoms with E-state index in [9.17, 15) is 4.79 Å². The molecule has 0 amide bonds. The van der Waals surface area contributed by atoms with Gasteiger partial charge in [0, 0.05) is 24.9 Å². The largest absolute Gasteiger partial charge is 0.303 e. The van der Waals surface area contributed by atoms with Crippen LogP contribution < -0.4 is 0 Å². The average Bonchev–Trinajstić information content (AvgIpc) is 2.23. The number of nitrogens with zero attached hydrogens (tertiary/aromatic N) is 1. The SMILES string of the molecule is CCCC(C)N(C)CC1CC(C)(C)CCC1=O. The van der Waals surface area contributed by atoms with Crippen molar-refractivity contribution in [2.24, 2.45) is 11.3 Å². The van der Waals surface area contributed by atoms with E-state index in [0.29, 0.717) is 17.2 Å². The summed E-state index contributed by atoms with van der Waals surface area (Å²) in [6.45, 7) is 10.0. The average molecular weight is 239 g/mol. The van der Waals surface area contributed by atoms with Gasteiger partial charge < -0.3 is 4.90 Å². The molecule has 0 aromatic heterocycles. The molecule has 0 saturated heterocycles. The highest BCUT2D eigenvalue weighted by molar-refractivity contribution is 5.82. The van der Waals surface area contributed by atoms with E-state index in [1.165, 1.54) is 12.8 Å². The van der Waals surface area contributed by atoms with Crippen LogP contribution in [0.3, 0.4) is 0 Å². The minimum absolute atomic E-state index is 0.267. The Hall–Kier alpha value is -0.370. The maximum absolute atomic E-state index is 12.0. The van der Waals surface area contributed by atoms with E-state index >= 15 is 0 Å². The van der Waals surface area contributed by atoms with E-state index in [1.807, 2.05) is 0 Å². The van der Waals surface area contributed by atoms with E-state index in [2.05, 4.69) is 39.6 Å². The zero-order chi connectivity index (χ0) is 13.1. The zero-order valence-electron chi connectivity index (χ0n) is 12.3. The summed E-state index contributed by atoms with van der Waals surface area (Å²) < 4.78 is 0. The van der Waals surface area contributed by atoms with Gasteiger partial charge in [0.15, 0.2) is 0 Å². The first kappa shape index (κ1) is 14.7. The van der Waals surface area contributed by atoms with Crippen molar-refractivity contribution in [1.29, 1.82) is 0 Å². The van der Waals surface area contributed by atoms with E-state index in [-0.39, 0.29) is 5.92 Å². The smallest absolute Gasteiger partial charge is 0.137 e. The molecule has 0 bridgehead atoms. The third-order valence-corrected chi connectivity index (χ3v) is 4.27. The van der Waals surface area contributed by atoms with Crippen LogP contribution in [0.2, 0.25) is 0 Å². The first-order valence-corrected chi connectivity index (χ1v) is 7.08. The summed E-state index contributed by atoms with van der Waals surface area (Å²) >= 11 is 0. The molecule has 1 saturated carbocycles. The number of Topliss-reactive ketones (excluding diaryl/α,β-unsaturated/α-hetero) is 1. The van der Waals surface area contributed by atoms with Gasteiger partial charge in [-0.2, -0.15) is 0 Å². The van der Waals surface area contributed by atoms with Crippen LogP contribution in [0, 0.1) is 11.3 Å². The molecule has 0 spiro atoms. The Balaban J connectivity index is 2.51. The van der Waals surface area contributed by atoms with Gasteiger partial charge in [-0.3, -0.25) is 4.79 Å². The molecule has 0 aromatic carbocycles. The van der Waals surface area contributed by atoms with Crippen molar-refractivity contribution in [3.8, 4) is 0 Å². The summed E-state index contributed by atoms with van der Waals surface area (Å²) in [4.78, 5) is 14.3. The third-order valence-electron chi connectivity index (χ3n) is 4.27. The second-order valence-electron chi connectivity index (χ2n) is 6.61. The van der Waals surface area contributed by atoms with Gasteiger partial charge in [-0.15, -0.1) is 0 Å². The Kier molecular flexibility index (Phi) is 5.18. The molecule has 2 nitrogen and oxygen atoms in total. The molecule has 100 valence electrons. The van der Waals surface area contributed by atoms with Crippen molar-refractivity contribution in [1.82, 2.24) is 4.90 Å². The van der Waals surface area contributed by atoms with Gasteiger partial charge in [0.25, 0.3) is 0 Å². The molecule has 0 aliphatic heterocycles. The summed E-state index contributed by atoms with van der Waals surface area (Å²) in [6.07, 6.45) is 5.36. The van der Waals surface area contributed by atoms with Crippen molar-refractivity contribution >= 4 is 5.78 Å². The minimum Gasteiger partial charge on any atom is -0.303 e. The lowest BCUT2D eigenvalue weighted by molar-refractivity contribution is -0.127. The van der Waals surface area contributed by atoms with Crippen molar-refractivity contribution < 1.29 is 4.79 Å². The second kappa shape index (κ2) is 5.99.